The minimum absolute atomic E-state index is 0.0387. The fourth-order valence-corrected chi connectivity index (χ4v) is 3.39. The van der Waals surface area contributed by atoms with Crippen LogP contribution < -0.4 is 10.0 Å². The molecular weight excluding hydrogens is 308 g/mol. The quantitative estimate of drug-likeness (QED) is 0.795. The Morgan fingerprint density at radius 2 is 2.14 bits per heavy atom. The van der Waals surface area contributed by atoms with Gasteiger partial charge in [0.2, 0.25) is 0 Å². The molecule has 2 heterocycles. The molecule has 2 aromatic rings. The van der Waals surface area contributed by atoms with Crippen molar-refractivity contribution in [2.75, 3.05) is 13.6 Å². The molecule has 0 spiro atoms. The van der Waals surface area contributed by atoms with Gasteiger partial charge in [0.15, 0.2) is 5.03 Å². The summed E-state index contributed by atoms with van der Waals surface area (Å²) in [6.07, 6.45) is 2.14. The Hall–Kier alpha value is -1.35. The van der Waals surface area contributed by atoms with E-state index < -0.39 is 10.0 Å². The van der Waals surface area contributed by atoms with E-state index in [1.54, 1.807) is 23.6 Å². The van der Waals surface area contributed by atoms with E-state index in [4.69, 9.17) is 0 Å². The first kappa shape index (κ1) is 16.0. The lowest BCUT2D eigenvalue weighted by Gasteiger charge is -2.06. The largest absolute Gasteiger partial charge is 0.316 e. The number of thiazole rings is 1. The molecule has 0 aliphatic heterocycles. The first-order valence-electron chi connectivity index (χ1n) is 6.51. The summed E-state index contributed by atoms with van der Waals surface area (Å²) in [4.78, 5) is 8.29. The van der Waals surface area contributed by atoms with Gasteiger partial charge in [0.05, 0.1) is 10.7 Å². The van der Waals surface area contributed by atoms with Gasteiger partial charge in [-0.2, -0.15) is 0 Å². The zero-order valence-corrected chi connectivity index (χ0v) is 13.6. The van der Waals surface area contributed by atoms with E-state index in [0.717, 1.165) is 16.3 Å². The normalized spacial score (nSPS) is 11.7. The Kier molecular flexibility index (Phi) is 5.40. The Labute approximate surface area is 128 Å². The van der Waals surface area contributed by atoms with Crippen LogP contribution in [-0.2, 0) is 23.0 Å². The van der Waals surface area contributed by atoms with Crippen LogP contribution in [0.4, 0.5) is 0 Å². The molecule has 0 aliphatic carbocycles. The van der Waals surface area contributed by atoms with Crippen molar-refractivity contribution in [3.05, 3.63) is 40.0 Å². The molecule has 0 amide bonds. The Balaban J connectivity index is 1.94. The SMILES string of the molecule is CNCc1ccc(S(=O)(=O)NCCc2csc(C)n2)nc1. The van der Waals surface area contributed by atoms with Gasteiger partial charge in [0.1, 0.15) is 0 Å². The van der Waals surface area contributed by atoms with Crippen molar-refractivity contribution in [3.8, 4) is 0 Å². The van der Waals surface area contributed by atoms with Crippen LogP contribution in [-0.4, -0.2) is 32.0 Å². The molecule has 0 atom stereocenters. The number of hydrogen-bond acceptors (Lipinski definition) is 6. The van der Waals surface area contributed by atoms with Crippen molar-refractivity contribution in [1.82, 2.24) is 20.0 Å². The fourth-order valence-electron chi connectivity index (χ4n) is 1.79. The summed E-state index contributed by atoms with van der Waals surface area (Å²) in [5.74, 6) is 0. The van der Waals surface area contributed by atoms with Gasteiger partial charge in [0.25, 0.3) is 10.0 Å². The molecule has 0 bridgehead atoms. The number of hydrogen-bond donors (Lipinski definition) is 2. The van der Waals surface area contributed by atoms with Crippen molar-refractivity contribution >= 4 is 21.4 Å². The molecule has 0 radical (unpaired) electrons. The summed E-state index contributed by atoms with van der Waals surface area (Å²) in [7, 11) is -1.74. The lowest BCUT2D eigenvalue weighted by Crippen LogP contribution is -2.27. The minimum atomic E-state index is -3.56. The molecule has 0 saturated heterocycles. The maximum atomic E-state index is 12.1. The zero-order valence-electron chi connectivity index (χ0n) is 12.0. The van der Waals surface area contributed by atoms with Crippen LogP contribution in [0.1, 0.15) is 16.3 Å². The summed E-state index contributed by atoms with van der Waals surface area (Å²) >= 11 is 1.56. The number of aryl methyl sites for hydroxylation is 1. The monoisotopic (exact) mass is 326 g/mol. The number of aromatic nitrogens is 2. The predicted octanol–water partition coefficient (Wildman–Crippen LogP) is 1.09. The summed E-state index contributed by atoms with van der Waals surface area (Å²) in [6.45, 7) is 2.89. The smallest absolute Gasteiger partial charge is 0.258 e. The van der Waals surface area contributed by atoms with Crippen molar-refractivity contribution in [1.29, 1.82) is 0 Å². The molecule has 0 saturated carbocycles. The maximum absolute atomic E-state index is 12.1. The number of nitrogens with one attached hydrogen (secondary N) is 2. The Morgan fingerprint density at radius 1 is 1.33 bits per heavy atom. The second-order valence-corrected chi connectivity index (χ2v) is 7.32. The van der Waals surface area contributed by atoms with E-state index in [9.17, 15) is 8.42 Å². The van der Waals surface area contributed by atoms with Gasteiger partial charge in [-0.25, -0.2) is 23.1 Å². The number of nitrogens with zero attached hydrogens (tertiary/aromatic N) is 2. The molecule has 6 nitrogen and oxygen atoms in total. The predicted molar refractivity (Wildman–Crippen MR) is 82.7 cm³/mol. The molecule has 8 heteroatoms. The second kappa shape index (κ2) is 7.08. The molecule has 0 unspecified atom stereocenters. The molecule has 2 rings (SSSR count). The lowest BCUT2D eigenvalue weighted by molar-refractivity contribution is 0.577. The third-order valence-corrected chi connectivity index (χ3v) is 4.99. The minimum Gasteiger partial charge on any atom is -0.316 e. The molecular formula is C13H18N4O2S2. The summed E-state index contributed by atoms with van der Waals surface area (Å²) in [5.41, 5.74) is 1.84. The van der Waals surface area contributed by atoms with Gasteiger partial charge in [0, 0.05) is 31.1 Å². The average molecular weight is 326 g/mol. The van der Waals surface area contributed by atoms with E-state index in [1.165, 1.54) is 6.07 Å². The molecule has 114 valence electrons. The topological polar surface area (TPSA) is 84.0 Å². The van der Waals surface area contributed by atoms with Crippen LogP contribution in [0.25, 0.3) is 0 Å². The van der Waals surface area contributed by atoms with Gasteiger partial charge in [-0.1, -0.05) is 6.07 Å². The summed E-state index contributed by atoms with van der Waals surface area (Å²) in [6, 6.07) is 3.27. The van der Waals surface area contributed by atoms with Crippen molar-refractivity contribution in [2.45, 2.75) is 24.9 Å². The molecule has 2 aromatic heterocycles. The van der Waals surface area contributed by atoms with E-state index >= 15 is 0 Å². The first-order chi connectivity index (χ1) is 10.0. The second-order valence-electron chi connectivity index (χ2n) is 4.54. The van der Waals surface area contributed by atoms with Gasteiger partial charge < -0.3 is 5.32 Å². The Morgan fingerprint density at radius 3 is 2.71 bits per heavy atom. The maximum Gasteiger partial charge on any atom is 0.258 e. The van der Waals surface area contributed by atoms with E-state index in [1.807, 2.05) is 19.4 Å². The van der Waals surface area contributed by atoms with Gasteiger partial charge in [-0.15, -0.1) is 11.3 Å². The van der Waals surface area contributed by atoms with E-state index in [0.29, 0.717) is 19.5 Å². The molecule has 0 aromatic carbocycles. The fraction of sp³-hybridized carbons (Fsp3) is 0.385. The third kappa shape index (κ3) is 4.57. The van der Waals surface area contributed by atoms with E-state index in [-0.39, 0.29) is 5.03 Å². The highest BCUT2D eigenvalue weighted by Gasteiger charge is 2.15. The summed E-state index contributed by atoms with van der Waals surface area (Å²) in [5, 5.41) is 5.94. The standard InChI is InChI=1S/C13H18N4O2S2/c1-10-17-12(9-20-10)5-6-16-21(18,19)13-4-3-11(7-14-2)8-15-13/h3-4,8-9,14,16H,5-7H2,1-2H3. The van der Waals surface area contributed by atoms with Crippen LogP contribution in [0, 0.1) is 6.92 Å². The highest BCUT2D eigenvalue weighted by Crippen LogP contribution is 2.09. The number of sulfonamides is 1. The third-order valence-electron chi connectivity index (χ3n) is 2.79. The van der Waals surface area contributed by atoms with Crippen LogP contribution in [0.2, 0.25) is 0 Å². The zero-order chi connectivity index (χ0) is 15.3. The molecule has 0 aliphatic rings. The van der Waals surface area contributed by atoms with Crippen molar-refractivity contribution in [3.63, 3.8) is 0 Å². The highest BCUT2D eigenvalue weighted by atomic mass is 32.2. The van der Waals surface area contributed by atoms with E-state index in [2.05, 4.69) is 20.0 Å². The number of rotatable bonds is 7. The van der Waals surface area contributed by atoms with Crippen molar-refractivity contribution in [2.24, 2.45) is 0 Å². The first-order valence-corrected chi connectivity index (χ1v) is 8.88. The molecule has 0 fully saturated rings. The summed E-state index contributed by atoms with van der Waals surface area (Å²) < 4.78 is 26.7. The number of pyridine rings is 1. The van der Waals surface area contributed by atoms with Gasteiger partial charge >= 0.3 is 0 Å². The average Bonchev–Trinajstić information content (AvgIpc) is 2.85. The van der Waals surface area contributed by atoms with Gasteiger partial charge in [-0.3, -0.25) is 0 Å². The molecule has 2 N–H and O–H groups in total. The van der Waals surface area contributed by atoms with Gasteiger partial charge in [-0.05, 0) is 25.6 Å². The van der Waals surface area contributed by atoms with Crippen LogP contribution in [0.3, 0.4) is 0 Å². The molecule has 21 heavy (non-hydrogen) atoms. The van der Waals surface area contributed by atoms with Crippen molar-refractivity contribution < 1.29 is 8.42 Å². The Bertz CT molecular complexity index is 680. The van der Waals surface area contributed by atoms with Crippen LogP contribution in [0.5, 0.6) is 0 Å². The highest BCUT2D eigenvalue weighted by molar-refractivity contribution is 7.89. The lowest BCUT2D eigenvalue weighted by atomic mass is 10.3. The van der Waals surface area contributed by atoms with Crippen LogP contribution >= 0.6 is 11.3 Å². The van der Waals surface area contributed by atoms with Crippen LogP contribution in [0.15, 0.2) is 28.7 Å².